The topological polar surface area (TPSA) is 41.4 Å². The van der Waals surface area contributed by atoms with Crippen molar-refractivity contribution in [3.63, 3.8) is 0 Å². The summed E-state index contributed by atoms with van der Waals surface area (Å²) in [5, 5.41) is 5.19. The van der Waals surface area contributed by atoms with Gasteiger partial charge in [0.15, 0.2) is 0 Å². The second-order valence-electron chi connectivity index (χ2n) is 8.34. The molecule has 1 aromatic heterocycles. The number of rotatable bonds is 5. The molecular formula is C27H24ClFN4O. The molecule has 5 nitrogen and oxygen atoms in total. The number of carbonyl (C=O) groups is 1. The fraction of sp³-hybridized carbons (Fsp3) is 0.185. The Balaban J connectivity index is 1.40. The lowest BCUT2D eigenvalue weighted by Gasteiger charge is -2.34. The SMILES string of the molecule is O=C(c1cc(-c2ccccc2F)nn1-c1ccc(Cl)cc1)N1CCN(Cc2ccccc2)CC1. The van der Waals surface area contributed by atoms with E-state index in [0.717, 1.165) is 19.6 Å². The van der Waals surface area contributed by atoms with E-state index in [2.05, 4.69) is 22.1 Å². The van der Waals surface area contributed by atoms with E-state index in [1.165, 1.54) is 11.6 Å². The minimum absolute atomic E-state index is 0.121. The molecule has 0 N–H and O–H groups in total. The summed E-state index contributed by atoms with van der Waals surface area (Å²) in [6.07, 6.45) is 0. The molecule has 2 heterocycles. The van der Waals surface area contributed by atoms with E-state index in [0.29, 0.717) is 40.8 Å². The van der Waals surface area contributed by atoms with Gasteiger partial charge in [0.1, 0.15) is 11.5 Å². The molecule has 0 unspecified atom stereocenters. The number of amides is 1. The predicted molar refractivity (Wildman–Crippen MR) is 132 cm³/mol. The van der Waals surface area contributed by atoms with Crippen molar-refractivity contribution in [2.24, 2.45) is 0 Å². The molecular weight excluding hydrogens is 451 g/mol. The summed E-state index contributed by atoms with van der Waals surface area (Å²) in [5.41, 5.74) is 3.13. The number of carbonyl (C=O) groups excluding carboxylic acids is 1. The molecule has 172 valence electrons. The minimum atomic E-state index is -0.378. The van der Waals surface area contributed by atoms with Gasteiger partial charge in [-0.25, -0.2) is 9.07 Å². The van der Waals surface area contributed by atoms with Gasteiger partial charge in [-0.1, -0.05) is 54.1 Å². The third kappa shape index (κ3) is 4.74. The van der Waals surface area contributed by atoms with Gasteiger partial charge in [0.05, 0.1) is 11.4 Å². The van der Waals surface area contributed by atoms with Crippen LogP contribution in [0.1, 0.15) is 16.1 Å². The first-order chi connectivity index (χ1) is 16.6. The van der Waals surface area contributed by atoms with Gasteiger partial charge >= 0.3 is 0 Å². The van der Waals surface area contributed by atoms with Gasteiger partial charge < -0.3 is 4.90 Å². The molecule has 0 atom stereocenters. The summed E-state index contributed by atoms with van der Waals surface area (Å²) in [4.78, 5) is 17.8. The van der Waals surface area contributed by atoms with E-state index in [9.17, 15) is 9.18 Å². The maximum atomic E-state index is 14.5. The first-order valence-electron chi connectivity index (χ1n) is 11.2. The highest BCUT2D eigenvalue weighted by molar-refractivity contribution is 6.30. The smallest absolute Gasteiger partial charge is 0.272 e. The second-order valence-corrected chi connectivity index (χ2v) is 8.77. The fourth-order valence-electron chi connectivity index (χ4n) is 4.23. The van der Waals surface area contributed by atoms with Gasteiger partial charge in [0.25, 0.3) is 5.91 Å². The van der Waals surface area contributed by atoms with Gasteiger partial charge in [0, 0.05) is 43.3 Å². The lowest BCUT2D eigenvalue weighted by Crippen LogP contribution is -2.48. The first-order valence-corrected chi connectivity index (χ1v) is 11.6. The lowest BCUT2D eigenvalue weighted by molar-refractivity contribution is 0.0619. The van der Waals surface area contributed by atoms with E-state index in [-0.39, 0.29) is 11.7 Å². The molecule has 1 fully saturated rings. The summed E-state index contributed by atoms with van der Waals surface area (Å²) in [7, 11) is 0. The maximum absolute atomic E-state index is 14.5. The van der Waals surface area contributed by atoms with Gasteiger partial charge in [-0.3, -0.25) is 9.69 Å². The number of nitrogens with zero attached hydrogens (tertiary/aromatic N) is 4. The predicted octanol–water partition coefficient (Wildman–Crippen LogP) is 5.29. The zero-order valence-corrected chi connectivity index (χ0v) is 19.3. The van der Waals surface area contributed by atoms with Crippen LogP contribution in [-0.2, 0) is 6.54 Å². The monoisotopic (exact) mass is 474 g/mol. The number of benzene rings is 3. The number of halogens is 2. The van der Waals surface area contributed by atoms with Gasteiger partial charge in [-0.15, -0.1) is 0 Å². The van der Waals surface area contributed by atoms with Crippen molar-refractivity contribution in [2.45, 2.75) is 6.54 Å². The Kier molecular flexibility index (Phi) is 6.43. The quantitative estimate of drug-likeness (QED) is 0.394. The number of hydrogen-bond acceptors (Lipinski definition) is 3. The standard InChI is InChI=1S/C27H24ClFN4O/c28-21-10-12-22(13-11-21)33-26(18-25(30-33)23-8-4-5-9-24(23)29)27(34)32-16-14-31(15-17-32)19-20-6-2-1-3-7-20/h1-13,18H,14-17,19H2. The highest BCUT2D eigenvalue weighted by Gasteiger charge is 2.26. The average Bonchev–Trinajstić information content (AvgIpc) is 3.31. The molecule has 0 spiro atoms. The molecule has 1 saturated heterocycles. The molecule has 3 aromatic carbocycles. The molecule has 0 radical (unpaired) electrons. The Morgan fingerprint density at radius 3 is 2.26 bits per heavy atom. The maximum Gasteiger partial charge on any atom is 0.272 e. The highest BCUT2D eigenvalue weighted by atomic mass is 35.5. The van der Waals surface area contributed by atoms with Crippen LogP contribution in [0.5, 0.6) is 0 Å². The summed E-state index contributed by atoms with van der Waals surface area (Å²) >= 11 is 6.06. The average molecular weight is 475 g/mol. The van der Waals surface area contributed by atoms with Gasteiger partial charge in [-0.2, -0.15) is 5.10 Å². The summed E-state index contributed by atoms with van der Waals surface area (Å²) < 4.78 is 16.1. The molecule has 7 heteroatoms. The minimum Gasteiger partial charge on any atom is -0.335 e. The van der Waals surface area contributed by atoms with E-state index in [4.69, 9.17) is 11.6 Å². The third-order valence-electron chi connectivity index (χ3n) is 6.06. The van der Waals surface area contributed by atoms with Crippen molar-refractivity contribution in [1.29, 1.82) is 0 Å². The molecule has 0 bridgehead atoms. The molecule has 5 rings (SSSR count). The Labute approximate surface area is 203 Å². The van der Waals surface area contributed by atoms with Crippen LogP contribution in [-0.4, -0.2) is 51.7 Å². The molecule has 1 aliphatic heterocycles. The Bertz CT molecular complexity index is 1280. The van der Waals surface area contributed by atoms with Crippen LogP contribution in [0.2, 0.25) is 5.02 Å². The van der Waals surface area contributed by atoms with Crippen molar-refractivity contribution < 1.29 is 9.18 Å². The van der Waals surface area contributed by atoms with Crippen LogP contribution in [0.15, 0.2) is 84.9 Å². The molecule has 0 saturated carbocycles. The third-order valence-corrected chi connectivity index (χ3v) is 6.31. The molecule has 1 amide bonds. The van der Waals surface area contributed by atoms with Crippen LogP contribution in [0.25, 0.3) is 16.9 Å². The summed E-state index contributed by atoms with van der Waals surface area (Å²) in [6, 6.07) is 25.6. The van der Waals surface area contributed by atoms with Crippen molar-refractivity contribution >= 4 is 17.5 Å². The molecule has 4 aromatic rings. The van der Waals surface area contributed by atoms with E-state index in [1.54, 1.807) is 53.2 Å². The number of aromatic nitrogens is 2. The van der Waals surface area contributed by atoms with Gasteiger partial charge in [0.2, 0.25) is 0 Å². The Hall–Kier alpha value is -3.48. The fourth-order valence-corrected chi connectivity index (χ4v) is 4.35. The summed E-state index contributed by atoms with van der Waals surface area (Å²) in [5.74, 6) is -0.499. The van der Waals surface area contributed by atoms with Crippen LogP contribution >= 0.6 is 11.6 Å². The Morgan fingerprint density at radius 2 is 1.56 bits per heavy atom. The van der Waals surface area contributed by atoms with Crippen LogP contribution < -0.4 is 0 Å². The van der Waals surface area contributed by atoms with E-state index < -0.39 is 0 Å². The highest BCUT2D eigenvalue weighted by Crippen LogP contribution is 2.26. The zero-order valence-electron chi connectivity index (χ0n) is 18.6. The van der Waals surface area contributed by atoms with E-state index >= 15 is 0 Å². The lowest BCUT2D eigenvalue weighted by atomic mass is 10.1. The van der Waals surface area contributed by atoms with Crippen LogP contribution in [0.3, 0.4) is 0 Å². The zero-order chi connectivity index (χ0) is 23.5. The number of hydrogen-bond donors (Lipinski definition) is 0. The van der Waals surface area contributed by atoms with E-state index in [1.807, 2.05) is 23.1 Å². The normalized spacial score (nSPS) is 14.4. The van der Waals surface area contributed by atoms with Gasteiger partial charge in [-0.05, 0) is 48.0 Å². The van der Waals surface area contributed by atoms with Crippen molar-refractivity contribution in [3.05, 3.63) is 107 Å². The number of piperazine rings is 1. The summed E-state index contributed by atoms with van der Waals surface area (Å²) in [6.45, 7) is 3.67. The van der Waals surface area contributed by atoms with Crippen molar-refractivity contribution in [1.82, 2.24) is 19.6 Å². The second kappa shape index (κ2) is 9.79. The van der Waals surface area contributed by atoms with Crippen molar-refractivity contribution in [2.75, 3.05) is 26.2 Å². The molecule has 1 aliphatic rings. The van der Waals surface area contributed by atoms with Crippen LogP contribution in [0.4, 0.5) is 4.39 Å². The first kappa shape index (κ1) is 22.3. The molecule has 0 aliphatic carbocycles. The largest absolute Gasteiger partial charge is 0.335 e. The Morgan fingerprint density at radius 1 is 0.882 bits per heavy atom. The van der Waals surface area contributed by atoms with Crippen LogP contribution in [0, 0.1) is 5.82 Å². The van der Waals surface area contributed by atoms with Crippen molar-refractivity contribution in [3.8, 4) is 16.9 Å². The molecule has 34 heavy (non-hydrogen) atoms.